The third kappa shape index (κ3) is 5.01. The summed E-state index contributed by atoms with van der Waals surface area (Å²) in [7, 11) is 1.46. The van der Waals surface area contributed by atoms with Crippen molar-refractivity contribution in [2.45, 2.75) is 19.7 Å². The molecule has 0 radical (unpaired) electrons. The lowest BCUT2D eigenvalue weighted by Gasteiger charge is -2.17. The molecule has 0 spiro atoms. The lowest BCUT2D eigenvalue weighted by atomic mass is 9.97. The van der Waals surface area contributed by atoms with Gasteiger partial charge in [-0.05, 0) is 52.1 Å². The number of nitrogens with zero attached hydrogens (tertiary/aromatic N) is 4. The standard InChI is InChI=1S/C28H24FN5O4/c1-33(16-35)14-25(36)38-15-20-6-8-21(29)11-22(20)17-7-9-24-23(10-17)26(32-28(30)31-24)27(37)34-12-18-4-2-3-5-19(18)13-34/h2-11,16H,12-15H2,1H3,(H2,30,31,32). The van der Waals surface area contributed by atoms with Gasteiger partial charge in [0.05, 0.1) is 5.52 Å². The second-order valence-corrected chi connectivity index (χ2v) is 9.07. The number of ether oxygens (including phenoxy) is 1. The van der Waals surface area contributed by atoms with Crippen molar-refractivity contribution >= 4 is 35.1 Å². The van der Waals surface area contributed by atoms with Crippen LogP contribution >= 0.6 is 0 Å². The highest BCUT2D eigenvalue weighted by atomic mass is 19.1. The van der Waals surface area contributed by atoms with Gasteiger partial charge in [-0.3, -0.25) is 14.4 Å². The molecule has 38 heavy (non-hydrogen) atoms. The molecule has 0 atom stereocenters. The Kier molecular flexibility index (Phi) is 6.69. The van der Waals surface area contributed by atoms with Crippen molar-refractivity contribution in [3.8, 4) is 11.1 Å². The van der Waals surface area contributed by atoms with E-state index in [4.69, 9.17) is 10.5 Å². The molecule has 1 aliphatic heterocycles. The van der Waals surface area contributed by atoms with Gasteiger partial charge in [0.25, 0.3) is 5.91 Å². The molecule has 0 bridgehead atoms. The fourth-order valence-electron chi connectivity index (χ4n) is 4.49. The van der Waals surface area contributed by atoms with Crippen LogP contribution in [0.25, 0.3) is 22.0 Å². The number of carbonyl (C=O) groups is 3. The molecule has 9 nitrogen and oxygen atoms in total. The van der Waals surface area contributed by atoms with Gasteiger partial charge in [-0.25, -0.2) is 14.4 Å². The number of nitrogens with two attached hydrogens (primary N) is 1. The van der Waals surface area contributed by atoms with Gasteiger partial charge in [-0.1, -0.05) is 36.4 Å². The molecule has 1 aliphatic rings. The molecule has 0 aliphatic carbocycles. The van der Waals surface area contributed by atoms with Gasteiger partial charge in [0.1, 0.15) is 24.7 Å². The molecule has 1 aromatic heterocycles. The Labute approximate surface area is 217 Å². The van der Waals surface area contributed by atoms with Crippen LogP contribution in [0.1, 0.15) is 27.2 Å². The fourth-order valence-corrected chi connectivity index (χ4v) is 4.49. The third-order valence-corrected chi connectivity index (χ3v) is 6.37. The average Bonchev–Trinajstić information content (AvgIpc) is 3.35. The van der Waals surface area contributed by atoms with Gasteiger partial charge in [0, 0.05) is 25.5 Å². The summed E-state index contributed by atoms with van der Waals surface area (Å²) in [6.45, 7) is 0.577. The molecule has 192 valence electrons. The summed E-state index contributed by atoms with van der Waals surface area (Å²) in [4.78, 5) is 47.8. The molecule has 2 N–H and O–H groups in total. The number of esters is 1. The predicted molar refractivity (Wildman–Crippen MR) is 138 cm³/mol. The summed E-state index contributed by atoms with van der Waals surface area (Å²) in [5.41, 5.74) is 10.3. The molecule has 0 saturated carbocycles. The summed E-state index contributed by atoms with van der Waals surface area (Å²) in [5.74, 6) is -1.39. The Morgan fingerprint density at radius 3 is 2.53 bits per heavy atom. The van der Waals surface area contributed by atoms with E-state index < -0.39 is 11.8 Å². The number of benzene rings is 3. The normalized spacial score (nSPS) is 12.3. The molecule has 2 amide bonds. The Morgan fingerprint density at radius 2 is 1.82 bits per heavy atom. The number of hydrogen-bond donors (Lipinski definition) is 1. The number of fused-ring (bicyclic) bond motifs is 2. The topological polar surface area (TPSA) is 119 Å². The number of rotatable bonds is 7. The van der Waals surface area contributed by atoms with E-state index in [9.17, 15) is 18.8 Å². The molecule has 10 heteroatoms. The number of nitrogen functional groups attached to an aromatic ring is 1. The van der Waals surface area contributed by atoms with Crippen LogP contribution in [-0.2, 0) is 34.0 Å². The van der Waals surface area contributed by atoms with E-state index in [0.717, 1.165) is 16.0 Å². The maximum Gasteiger partial charge on any atom is 0.325 e. The Morgan fingerprint density at radius 1 is 1.08 bits per heavy atom. The monoisotopic (exact) mass is 513 g/mol. The first-order valence-corrected chi connectivity index (χ1v) is 11.9. The first-order chi connectivity index (χ1) is 18.3. The largest absolute Gasteiger partial charge is 0.459 e. The Balaban J connectivity index is 1.49. The van der Waals surface area contributed by atoms with Crippen molar-refractivity contribution in [1.82, 2.24) is 19.8 Å². The van der Waals surface area contributed by atoms with Gasteiger partial charge in [0.2, 0.25) is 12.4 Å². The van der Waals surface area contributed by atoms with Gasteiger partial charge >= 0.3 is 5.97 Å². The van der Waals surface area contributed by atoms with E-state index in [-0.39, 0.29) is 30.7 Å². The van der Waals surface area contributed by atoms with E-state index in [0.29, 0.717) is 47.1 Å². The van der Waals surface area contributed by atoms with E-state index in [1.54, 1.807) is 23.1 Å². The molecular weight excluding hydrogens is 489 g/mol. The molecular formula is C28H24FN5O4. The zero-order valence-corrected chi connectivity index (χ0v) is 20.6. The van der Waals surface area contributed by atoms with Crippen molar-refractivity contribution in [1.29, 1.82) is 0 Å². The van der Waals surface area contributed by atoms with Crippen LogP contribution in [0.4, 0.5) is 10.3 Å². The molecule has 0 fully saturated rings. The maximum atomic E-state index is 14.3. The number of likely N-dealkylation sites (N-methyl/N-ethyl adjacent to an activating group) is 1. The minimum Gasteiger partial charge on any atom is -0.459 e. The number of halogens is 1. The SMILES string of the molecule is CN(C=O)CC(=O)OCc1ccc(F)cc1-c1ccc2nc(N)nc(C(=O)N3Cc4ccccc4C3)c2c1. The molecule has 4 aromatic rings. The van der Waals surface area contributed by atoms with Crippen molar-refractivity contribution in [3.63, 3.8) is 0 Å². The molecule has 2 heterocycles. The van der Waals surface area contributed by atoms with Gasteiger partial charge in [0.15, 0.2) is 0 Å². The van der Waals surface area contributed by atoms with Crippen LogP contribution in [0.2, 0.25) is 0 Å². The second-order valence-electron chi connectivity index (χ2n) is 9.07. The number of aromatic nitrogens is 2. The maximum absolute atomic E-state index is 14.3. The predicted octanol–water partition coefficient (Wildman–Crippen LogP) is 3.31. The first-order valence-electron chi connectivity index (χ1n) is 11.9. The molecule has 0 unspecified atom stereocenters. The van der Waals surface area contributed by atoms with Crippen molar-refractivity contribution in [2.75, 3.05) is 19.3 Å². The van der Waals surface area contributed by atoms with Gasteiger partial charge in [-0.15, -0.1) is 0 Å². The molecule has 5 rings (SSSR count). The highest BCUT2D eigenvalue weighted by Gasteiger charge is 2.27. The minimum atomic E-state index is -0.600. The zero-order chi connectivity index (χ0) is 26.8. The van der Waals surface area contributed by atoms with Crippen LogP contribution in [-0.4, -0.2) is 51.6 Å². The Bertz CT molecular complexity index is 1550. The van der Waals surface area contributed by atoms with Gasteiger partial charge < -0.3 is 20.3 Å². The summed E-state index contributed by atoms with van der Waals surface area (Å²) in [6.07, 6.45) is 0.522. The van der Waals surface area contributed by atoms with Crippen LogP contribution in [0.15, 0.2) is 60.7 Å². The summed E-state index contributed by atoms with van der Waals surface area (Å²) in [5, 5.41) is 0.470. The van der Waals surface area contributed by atoms with Crippen LogP contribution in [0, 0.1) is 5.82 Å². The highest BCUT2D eigenvalue weighted by molar-refractivity contribution is 6.06. The van der Waals surface area contributed by atoms with Crippen molar-refractivity contribution < 1.29 is 23.5 Å². The minimum absolute atomic E-state index is 0.0241. The number of carbonyl (C=O) groups excluding carboxylic acids is 3. The fraction of sp³-hybridized carbons (Fsp3) is 0.179. The quantitative estimate of drug-likeness (QED) is 0.298. The van der Waals surface area contributed by atoms with Crippen LogP contribution < -0.4 is 5.73 Å². The Hall–Kier alpha value is -4.86. The lowest BCUT2D eigenvalue weighted by molar-refractivity contribution is -0.147. The number of hydrogen-bond acceptors (Lipinski definition) is 7. The van der Waals surface area contributed by atoms with E-state index in [1.165, 1.54) is 25.2 Å². The van der Waals surface area contributed by atoms with Crippen molar-refractivity contribution in [2.24, 2.45) is 0 Å². The lowest BCUT2D eigenvalue weighted by Crippen LogP contribution is -2.27. The van der Waals surface area contributed by atoms with E-state index in [2.05, 4.69) is 9.97 Å². The first kappa shape index (κ1) is 24.8. The van der Waals surface area contributed by atoms with E-state index >= 15 is 0 Å². The number of anilines is 1. The van der Waals surface area contributed by atoms with Crippen LogP contribution in [0.5, 0.6) is 0 Å². The summed E-state index contributed by atoms with van der Waals surface area (Å²) < 4.78 is 19.6. The third-order valence-electron chi connectivity index (χ3n) is 6.37. The zero-order valence-electron chi connectivity index (χ0n) is 20.6. The van der Waals surface area contributed by atoms with Crippen molar-refractivity contribution in [3.05, 3.63) is 88.9 Å². The van der Waals surface area contributed by atoms with E-state index in [1.807, 2.05) is 24.3 Å². The average molecular weight is 514 g/mol. The molecule has 3 aromatic carbocycles. The molecule has 0 saturated heterocycles. The van der Waals surface area contributed by atoms with Crippen LogP contribution in [0.3, 0.4) is 0 Å². The highest BCUT2D eigenvalue weighted by Crippen LogP contribution is 2.31. The summed E-state index contributed by atoms with van der Waals surface area (Å²) in [6, 6.07) is 17.1. The number of amides is 2. The second kappa shape index (κ2) is 10.3. The summed E-state index contributed by atoms with van der Waals surface area (Å²) >= 11 is 0. The van der Waals surface area contributed by atoms with Gasteiger partial charge in [-0.2, -0.15) is 0 Å². The smallest absolute Gasteiger partial charge is 0.325 e.